The van der Waals surface area contributed by atoms with E-state index in [0.29, 0.717) is 31.5 Å². The van der Waals surface area contributed by atoms with Gasteiger partial charge in [-0.15, -0.1) is 24.0 Å². The zero-order valence-corrected chi connectivity index (χ0v) is 20.7. The molecule has 0 aliphatic carbocycles. The Hall–Kier alpha value is -1.35. The number of nitrogens with one attached hydrogen (secondary N) is 1. The first-order valence-corrected chi connectivity index (χ1v) is 11.0. The number of hydrogen-bond donors (Lipinski definition) is 1. The number of hydrogen-bond acceptors (Lipinski definition) is 3. The first kappa shape index (κ1) is 24.9. The van der Waals surface area contributed by atoms with Crippen molar-refractivity contribution in [3.63, 3.8) is 0 Å². The topological polar surface area (TPSA) is 57.2 Å². The second-order valence-electron chi connectivity index (χ2n) is 8.26. The van der Waals surface area contributed by atoms with Crippen molar-refractivity contribution in [2.45, 2.75) is 51.7 Å². The number of guanidine groups is 1. The number of ether oxygens (including phenoxy) is 1. The lowest BCUT2D eigenvalue weighted by Gasteiger charge is -2.33. The van der Waals surface area contributed by atoms with Crippen LogP contribution in [0.5, 0.6) is 0 Å². The highest BCUT2D eigenvalue weighted by atomic mass is 127. The summed E-state index contributed by atoms with van der Waals surface area (Å²) < 4.78 is 5.92. The van der Waals surface area contributed by atoms with Gasteiger partial charge in [-0.3, -0.25) is 9.79 Å². The first-order chi connectivity index (χ1) is 14.2. The van der Waals surface area contributed by atoms with Gasteiger partial charge in [0, 0.05) is 51.6 Å². The standard InChI is InChI=1S/C23H36N4O2.HI/c1-19-8-6-7-14-27(19)22(28)11-13-25-23(24-2)26-15-12-21(16-26)18-29-17-20-9-4-3-5-10-20;/h3-5,9-10,19,21H,6-8,11-18H2,1-2H3,(H,24,25);1H. The predicted octanol–water partition coefficient (Wildman–Crippen LogP) is 3.51. The maximum atomic E-state index is 12.5. The van der Waals surface area contributed by atoms with Crippen molar-refractivity contribution in [1.82, 2.24) is 15.1 Å². The molecule has 30 heavy (non-hydrogen) atoms. The van der Waals surface area contributed by atoms with Gasteiger partial charge >= 0.3 is 0 Å². The molecule has 1 aromatic carbocycles. The van der Waals surface area contributed by atoms with Crippen molar-refractivity contribution in [3.8, 4) is 0 Å². The van der Waals surface area contributed by atoms with E-state index in [-0.39, 0.29) is 29.9 Å². The van der Waals surface area contributed by atoms with Gasteiger partial charge in [-0.1, -0.05) is 30.3 Å². The largest absolute Gasteiger partial charge is 0.376 e. The van der Waals surface area contributed by atoms with Crippen molar-refractivity contribution >= 4 is 35.8 Å². The van der Waals surface area contributed by atoms with Gasteiger partial charge in [0.1, 0.15) is 0 Å². The maximum Gasteiger partial charge on any atom is 0.224 e. The number of benzene rings is 1. The van der Waals surface area contributed by atoms with E-state index in [1.807, 2.05) is 30.1 Å². The summed E-state index contributed by atoms with van der Waals surface area (Å²) in [7, 11) is 1.82. The third-order valence-corrected chi connectivity index (χ3v) is 6.01. The fourth-order valence-electron chi connectivity index (χ4n) is 4.30. The molecule has 2 aliphatic rings. The second kappa shape index (κ2) is 13.1. The normalized spacial score (nSPS) is 22.0. The fourth-order valence-corrected chi connectivity index (χ4v) is 4.30. The molecule has 1 aromatic rings. The number of piperidine rings is 1. The SMILES string of the molecule is CN=C(NCCC(=O)N1CCCCC1C)N1CCC(COCc2ccccc2)C1.I. The molecule has 2 fully saturated rings. The Kier molecular flexibility index (Phi) is 10.9. The average Bonchev–Trinajstić information content (AvgIpc) is 3.21. The van der Waals surface area contributed by atoms with Gasteiger partial charge in [0.15, 0.2) is 5.96 Å². The summed E-state index contributed by atoms with van der Waals surface area (Å²) in [6.45, 7) is 7.08. The lowest BCUT2D eigenvalue weighted by Crippen LogP contribution is -2.45. The van der Waals surface area contributed by atoms with E-state index in [2.05, 4.69) is 34.3 Å². The summed E-state index contributed by atoms with van der Waals surface area (Å²) in [5.74, 6) is 1.68. The van der Waals surface area contributed by atoms with E-state index < -0.39 is 0 Å². The van der Waals surface area contributed by atoms with Crippen LogP contribution in [-0.2, 0) is 16.1 Å². The summed E-state index contributed by atoms with van der Waals surface area (Å²) in [5, 5.41) is 3.39. The molecule has 2 aliphatic heterocycles. The summed E-state index contributed by atoms with van der Waals surface area (Å²) in [6, 6.07) is 10.7. The molecule has 0 aromatic heterocycles. The first-order valence-electron chi connectivity index (χ1n) is 11.0. The van der Waals surface area contributed by atoms with Crippen molar-refractivity contribution in [1.29, 1.82) is 0 Å². The number of nitrogens with zero attached hydrogens (tertiary/aromatic N) is 3. The number of carbonyl (C=O) groups excluding carboxylic acids is 1. The molecule has 7 heteroatoms. The molecule has 2 unspecified atom stereocenters. The van der Waals surface area contributed by atoms with Crippen LogP contribution < -0.4 is 5.32 Å². The molecule has 2 saturated heterocycles. The summed E-state index contributed by atoms with van der Waals surface area (Å²) >= 11 is 0. The molecule has 2 atom stereocenters. The Morgan fingerprint density at radius 2 is 2.00 bits per heavy atom. The van der Waals surface area contributed by atoms with Crippen LogP contribution in [0.2, 0.25) is 0 Å². The molecule has 0 bridgehead atoms. The predicted molar refractivity (Wildman–Crippen MR) is 132 cm³/mol. The van der Waals surface area contributed by atoms with Crippen LogP contribution in [0.3, 0.4) is 0 Å². The minimum atomic E-state index is 0. The molecule has 0 spiro atoms. The van der Waals surface area contributed by atoms with Crippen molar-refractivity contribution in [2.75, 3.05) is 39.8 Å². The summed E-state index contributed by atoms with van der Waals surface area (Å²) in [4.78, 5) is 21.3. The number of aliphatic imine (C=N–C) groups is 1. The third-order valence-electron chi connectivity index (χ3n) is 6.01. The van der Waals surface area contributed by atoms with Gasteiger partial charge in [0.25, 0.3) is 0 Å². The number of halogens is 1. The highest BCUT2D eigenvalue weighted by molar-refractivity contribution is 14.0. The smallest absolute Gasteiger partial charge is 0.224 e. The Bertz CT molecular complexity index is 670. The van der Waals surface area contributed by atoms with Crippen LogP contribution in [0.4, 0.5) is 0 Å². The minimum Gasteiger partial charge on any atom is -0.376 e. The Morgan fingerprint density at radius 3 is 2.73 bits per heavy atom. The van der Waals surface area contributed by atoms with Crippen molar-refractivity contribution in [2.24, 2.45) is 10.9 Å². The van der Waals surface area contributed by atoms with Crippen molar-refractivity contribution in [3.05, 3.63) is 35.9 Å². The summed E-state index contributed by atoms with van der Waals surface area (Å²) in [5.41, 5.74) is 1.22. The van der Waals surface area contributed by atoms with E-state index in [0.717, 1.165) is 51.5 Å². The monoisotopic (exact) mass is 528 g/mol. The Labute approximate surface area is 198 Å². The van der Waals surface area contributed by atoms with Crippen LogP contribution in [0.25, 0.3) is 0 Å². The zero-order chi connectivity index (χ0) is 20.5. The Balaban J connectivity index is 0.00000320. The molecule has 2 heterocycles. The lowest BCUT2D eigenvalue weighted by atomic mass is 10.0. The van der Waals surface area contributed by atoms with Crippen LogP contribution in [0.1, 0.15) is 44.6 Å². The molecule has 0 radical (unpaired) electrons. The zero-order valence-electron chi connectivity index (χ0n) is 18.4. The van der Waals surface area contributed by atoms with Gasteiger partial charge in [-0.25, -0.2) is 0 Å². The number of rotatable bonds is 7. The average molecular weight is 528 g/mol. The fraction of sp³-hybridized carbons (Fsp3) is 0.652. The highest BCUT2D eigenvalue weighted by Gasteiger charge is 2.26. The number of amides is 1. The van der Waals surface area contributed by atoms with Crippen LogP contribution in [0, 0.1) is 5.92 Å². The molecule has 3 rings (SSSR count). The minimum absolute atomic E-state index is 0. The van der Waals surface area contributed by atoms with Crippen molar-refractivity contribution < 1.29 is 9.53 Å². The second-order valence-corrected chi connectivity index (χ2v) is 8.26. The molecular weight excluding hydrogens is 491 g/mol. The molecule has 1 amide bonds. The Morgan fingerprint density at radius 1 is 1.20 bits per heavy atom. The quantitative estimate of drug-likeness (QED) is 0.335. The molecule has 1 N–H and O–H groups in total. The third kappa shape index (κ3) is 7.41. The highest BCUT2D eigenvalue weighted by Crippen LogP contribution is 2.18. The van der Waals surface area contributed by atoms with Crippen LogP contribution in [0.15, 0.2) is 35.3 Å². The van der Waals surface area contributed by atoms with E-state index >= 15 is 0 Å². The lowest BCUT2D eigenvalue weighted by molar-refractivity contribution is -0.134. The van der Waals surface area contributed by atoms with Crippen LogP contribution >= 0.6 is 24.0 Å². The molecule has 168 valence electrons. The summed E-state index contributed by atoms with van der Waals surface area (Å²) in [6.07, 6.45) is 5.14. The van der Waals surface area contributed by atoms with E-state index in [1.165, 1.54) is 12.0 Å². The van der Waals surface area contributed by atoms with Gasteiger partial charge in [-0.05, 0) is 38.2 Å². The van der Waals surface area contributed by atoms with Gasteiger partial charge in [0.2, 0.25) is 5.91 Å². The van der Waals surface area contributed by atoms with E-state index in [4.69, 9.17) is 4.74 Å². The number of likely N-dealkylation sites (tertiary alicyclic amines) is 2. The molecular formula is C23H37IN4O2. The van der Waals surface area contributed by atoms with Gasteiger partial charge in [0.05, 0.1) is 13.2 Å². The molecule has 6 nitrogen and oxygen atoms in total. The number of carbonyl (C=O) groups is 1. The van der Waals surface area contributed by atoms with Gasteiger partial charge < -0.3 is 19.9 Å². The maximum absolute atomic E-state index is 12.5. The molecule has 0 saturated carbocycles. The van der Waals surface area contributed by atoms with E-state index in [1.54, 1.807) is 0 Å². The van der Waals surface area contributed by atoms with Gasteiger partial charge in [-0.2, -0.15) is 0 Å². The van der Waals surface area contributed by atoms with E-state index in [9.17, 15) is 4.79 Å². The van der Waals surface area contributed by atoms with Crippen LogP contribution in [-0.4, -0.2) is 67.5 Å².